The summed E-state index contributed by atoms with van der Waals surface area (Å²) in [5.74, 6) is 0.392. The van der Waals surface area contributed by atoms with Crippen molar-refractivity contribution in [3.05, 3.63) is 71.7 Å². The molecule has 0 aliphatic heterocycles. The minimum atomic E-state index is -0.998. The van der Waals surface area contributed by atoms with Crippen LogP contribution in [0.5, 0.6) is 11.6 Å². The van der Waals surface area contributed by atoms with Gasteiger partial charge in [0.2, 0.25) is 5.88 Å². The van der Waals surface area contributed by atoms with E-state index in [0.717, 1.165) is 16.8 Å². The Morgan fingerprint density at radius 2 is 2.00 bits per heavy atom. The van der Waals surface area contributed by atoms with E-state index in [1.54, 1.807) is 23.1 Å². The number of carbonyl (C=O) groups is 1. The van der Waals surface area contributed by atoms with Gasteiger partial charge in [0, 0.05) is 26.3 Å². The predicted molar refractivity (Wildman–Crippen MR) is 110 cm³/mol. The summed E-state index contributed by atoms with van der Waals surface area (Å²) in [7, 11) is 1.82. The lowest BCUT2D eigenvalue weighted by atomic mass is 9.78. The number of aryl methyl sites for hydroxylation is 2. The lowest BCUT2D eigenvalue weighted by Gasteiger charge is -2.29. The molecule has 1 aromatic carbocycles. The maximum atomic E-state index is 12.2. The molecule has 7 nitrogen and oxygen atoms in total. The van der Waals surface area contributed by atoms with Gasteiger partial charge in [-0.05, 0) is 31.0 Å². The standard InChI is InChI=1S/C22H26N4O3/c1-4-22(21(27)28,17-9-6-5-7-10-17)15-24-14-19-16(2)25-26(3)20(19)29-18-11-8-12-23-13-18/h5-13,24H,4,14-15H2,1-3H3,(H,27,28). The van der Waals surface area contributed by atoms with Gasteiger partial charge in [-0.25, -0.2) is 4.68 Å². The first-order valence-corrected chi connectivity index (χ1v) is 9.58. The number of carboxylic acid groups (broad SMARTS) is 1. The van der Waals surface area contributed by atoms with Crippen molar-refractivity contribution in [3.8, 4) is 11.6 Å². The van der Waals surface area contributed by atoms with Crippen LogP contribution >= 0.6 is 0 Å². The van der Waals surface area contributed by atoms with E-state index in [0.29, 0.717) is 31.1 Å². The smallest absolute Gasteiger partial charge is 0.315 e. The Balaban J connectivity index is 1.80. The lowest BCUT2D eigenvalue weighted by molar-refractivity contribution is -0.144. The molecule has 0 saturated heterocycles. The van der Waals surface area contributed by atoms with Crippen LogP contribution in [-0.2, 0) is 23.8 Å². The fraction of sp³-hybridized carbons (Fsp3) is 0.318. The van der Waals surface area contributed by atoms with Crippen LogP contribution in [0.1, 0.15) is 30.2 Å². The van der Waals surface area contributed by atoms with Crippen molar-refractivity contribution >= 4 is 5.97 Å². The molecule has 0 radical (unpaired) electrons. The molecular weight excluding hydrogens is 368 g/mol. The average Bonchev–Trinajstić information content (AvgIpc) is 2.99. The van der Waals surface area contributed by atoms with Gasteiger partial charge in [-0.1, -0.05) is 37.3 Å². The number of ether oxygens (including phenoxy) is 1. The second kappa shape index (κ2) is 8.87. The first-order valence-electron chi connectivity index (χ1n) is 9.58. The molecule has 29 heavy (non-hydrogen) atoms. The van der Waals surface area contributed by atoms with E-state index in [4.69, 9.17) is 4.74 Å². The molecule has 0 spiro atoms. The number of rotatable bonds is 9. The van der Waals surface area contributed by atoms with Gasteiger partial charge < -0.3 is 15.2 Å². The zero-order chi connectivity index (χ0) is 20.9. The summed E-state index contributed by atoms with van der Waals surface area (Å²) in [6, 6.07) is 13.0. The molecule has 3 rings (SSSR count). The van der Waals surface area contributed by atoms with Crippen LogP contribution in [0, 0.1) is 6.92 Å². The van der Waals surface area contributed by atoms with Crippen molar-refractivity contribution in [2.24, 2.45) is 7.05 Å². The zero-order valence-electron chi connectivity index (χ0n) is 16.9. The summed E-state index contributed by atoms with van der Waals surface area (Å²) in [6.45, 7) is 4.55. The van der Waals surface area contributed by atoms with E-state index < -0.39 is 11.4 Å². The van der Waals surface area contributed by atoms with E-state index in [-0.39, 0.29) is 0 Å². The normalized spacial score (nSPS) is 13.1. The van der Waals surface area contributed by atoms with Crippen molar-refractivity contribution in [3.63, 3.8) is 0 Å². The molecule has 7 heteroatoms. The summed E-state index contributed by atoms with van der Waals surface area (Å²) < 4.78 is 7.67. The third-order valence-electron chi connectivity index (χ3n) is 5.21. The third kappa shape index (κ3) is 4.30. The van der Waals surface area contributed by atoms with Crippen molar-refractivity contribution in [2.75, 3.05) is 6.54 Å². The molecule has 1 unspecified atom stereocenters. The molecule has 0 saturated carbocycles. The summed E-state index contributed by atoms with van der Waals surface area (Å²) in [6.07, 6.45) is 3.80. The summed E-state index contributed by atoms with van der Waals surface area (Å²) in [5.41, 5.74) is 1.51. The van der Waals surface area contributed by atoms with Gasteiger partial charge in [0.05, 0.1) is 17.5 Å². The molecule has 0 aliphatic carbocycles. The van der Waals surface area contributed by atoms with E-state index in [1.807, 2.05) is 57.3 Å². The molecule has 1 atom stereocenters. The zero-order valence-corrected chi connectivity index (χ0v) is 16.9. The fourth-order valence-corrected chi connectivity index (χ4v) is 3.47. The predicted octanol–water partition coefficient (Wildman–Crippen LogP) is 3.44. The number of carboxylic acids is 1. The van der Waals surface area contributed by atoms with E-state index in [1.165, 1.54) is 0 Å². The minimum Gasteiger partial charge on any atom is -0.481 e. The van der Waals surface area contributed by atoms with Gasteiger partial charge >= 0.3 is 5.97 Å². The summed E-state index contributed by atoms with van der Waals surface area (Å²) in [5, 5.41) is 17.8. The van der Waals surface area contributed by atoms with Gasteiger partial charge in [0.15, 0.2) is 0 Å². The fourth-order valence-electron chi connectivity index (χ4n) is 3.47. The Morgan fingerprint density at radius 1 is 1.24 bits per heavy atom. The summed E-state index contributed by atoms with van der Waals surface area (Å²) in [4.78, 5) is 16.3. The maximum Gasteiger partial charge on any atom is 0.315 e. The minimum absolute atomic E-state index is 0.295. The monoisotopic (exact) mass is 394 g/mol. The number of hydrogen-bond acceptors (Lipinski definition) is 5. The molecule has 0 aliphatic rings. The second-order valence-electron chi connectivity index (χ2n) is 6.99. The van der Waals surface area contributed by atoms with Crippen molar-refractivity contribution in [1.82, 2.24) is 20.1 Å². The highest BCUT2D eigenvalue weighted by Crippen LogP contribution is 2.30. The molecule has 3 aromatic rings. The average molecular weight is 394 g/mol. The van der Waals surface area contributed by atoms with Crippen LogP contribution < -0.4 is 10.1 Å². The highest BCUT2D eigenvalue weighted by atomic mass is 16.5. The lowest BCUT2D eigenvalue weighted by Crippen LogP contribution is -2.44. The van der Waals surface area contributed by atoms with Gasteiger partial charge in [-0.2, -0.15) is 5.10 Å². The maximum absolute atomic E-state index is 12.2. The van der Waals surface area contributed by atoms with Gasteiger partial charge in [0.1, 0.15) is 11.2 Å². The molecule has 2 heterocycles. The number of benzene rings is 1. The highest BCUT2D eigenvalue weighted by molar-refractivity contribution is 5.81. The molecule has 0 amide bonds. The van der Waals surface area contributed by atoms with Gasteiger partial charge in [0.25, 0.3) is 0 Å². The number of nitrogens with one attached hydrogen (secondary N) is 1. The topological polar surface area (TPSA) is 89.3 Å². The Labute approximate surface area is 170 Å². The Bertz CT molecular complexity index is 957. The van der Waals surface area contributed by atoms with Crippen molar-refractivity contribution < 1.29 is 14.6 Å². The van der Waals surface area contributed by atoms with Crippen LogP contribution in [-0.4, -0.2) is 32.4 Å². The Hall–Kier alpha value is -3.19. The molecule has 0 fully saturated rings. The SMILES string of the molecule is CCC(CNCc1c(C)nn(C)c1Oc1cccnc1)(C(=O)O)c1ccccc1. The number of nitrogens with zero attached hydrogens (tertiary/aromatic N) is 3. The van der Waals surface area contributed by atoms with E-state index >= 15 is 0 Å². The van der Waals surface area contributed by atoms with Crippen molar-refractivity contribution in [1.29, 1.82) is 0 Å². The number of hydrogen-bond donors (Lipinski definition) is 2. The Kier molecular flexibility index (Phi) is 6.29. The van der Waals surface area contributed by atoms with Crippen LogP contribution in [0.25, 0.3) is 0 Å². The largest absolute Gasteiger partial charge is 0.481 e. The highest BCUT2D eigenvalue weighted by Gasteiger charge is 2.38. The van der Waals surface area contributed by atoms with E-state index in [2.05, 4.69) is 15.4 Å². The van der Waals surface area contributed by atoms with Crippen LogP contribution in [0.4, 0.5) is 0 Å². The van der Waals surface area contributed by atoms with Gasteiger partial charge in [-0.15, -0.1) is 0 Å². The number of aromatic nitrogens is 3. The first kappa shape index (κ1) is 20.5. The molecule has 0 bridgehead atoms. The molecule has 2 aromatic heterocycles. The first-order chi connectivity index (χ1) is 14.0. The van der Waals surface area contributed by atoms with Crippen LogP contribution in [0.3, 0.4) is 0 Å². The molecule has 152 valence electrons. The van der Waals surface area contributed by atoms with Crippen LogP contribution in [0.15, 0.2) is 54.9 Å². The summed E-state index contributed by atoms with van der Waals surface area (Å²) >= 11 is 0. The quantitative estimate of drug-likeness (QED) is 0.578. The third-order valence-corrected chi connectivity index (χ3v) is 5.21. The van der Waals surface area contributed by atoms with Crippen molar-refractivity contribution in [2.45, 2.75) is 32.2 Å². The van der Waals surface area contributed by atoms with E-state index in [9.17, 15) is 9.90 Å². The Morgan fingerprint density at radius 3 is 2.62 bits per heavy atom. The number of aliphatic carboxylic acids is 1. The molecular formula is C22H26N4O3. The number of pyridine rings is 1. The van der Waals surface area contributed by atoms with Gasteiger partial charge in [-0.3, -0.25) is 9.78 Å². The second-order valence-corrected chi connectivity index (χ2v) is 6.99. The van der Waals surface area contributed by atoms with Crippen LogP contribution in [0.2, 0.25) is 0 Å². The molecule has 2 N–H and O–H groups in total.